The van der Waals surface area contributed by atoms with Crippen molar-refractivity contribution in [1.82, 2.24) is 0 Å². The van der Waals surface area contributed by atoms with E-state index >= 15 is 0 Å². The Morgan fingerprint density at radius 2 is 1.75 bits per heavy atom. The van der Waals surface area contributed by atoms with Crippen LogP contribution >= 0.6 is 0 Å². The van der Waals surface area contributed by atoms with Crippen molar-refractivity contribution in [3.8, 4) is 0 Å². The first-order chi connectivity index (χ1) is 1.41. The minimum atomic E-state index is 0. The van der Waals surface area contributed by atoms with E-state index < -0.39 is 0 Å². The third kappa shape index (κ3) is 20.1. The van der Waals surface area contributed by atoms with Crippen LogP contribution in [-0.4, -0.2) is 5.94 Å². The topological polar surface area (TPSA) is 17.1 Å². The zero-order valence-electron chi connectivity index (χ0n) is 2.19. The monoisotopic (exact) mass is 131 g/mol. The maximum Gasteiger partial charge on any atom is 0.116 e. The first kappa shape index (κ1) is 8.82. The van der Waals surface area contributed by atoms with Crippen LogP contribution in [0.1, 0.15) is 0 Å². The van der Waals surface area contributed by atoms with Gasteiger partial charge >= 0.3 is 0 Å². The molecule has 1 radical (unpaired) electrons. The van der Waals surface area contributed by atoms with Gasteiger partial charge in [0.1, 0.15) is 5.94 Å². The van der Waals surface area contributed by atoms with Crippen molar-refractivity contribution in [2.45, 2.75) is 0 Å². The fourth-order valence-corrected chi connectivity index (χ4v) is 0. The van der Waals surface area contributed by atoms with Crippen LogP contribution < -0.4 is 0 Å². The summed E-state index contributed by atoms with van der Waals surface area (Å²) in [7, 11) is 0. The van der Waals surface area contributed by atoms with Crippen molar-refractivity contribution in [1.29, 1.82) is 0 Å². The summed E-state index contributed by atoms with van der Waals surface area (Å²) in [5.41, 5.74) is 0. The van der Waals surface area contributed by atoms with Gasteiger partial charge in [0, 0.05) is 32.7 Å². The van der Waals surface area contributed by atoms with Gasteiger partial charge in [-0.1, -0.05) is 0 Å². The van der Waals surface area contributed by atoms with E-state index in [-0.39, 0.29) is 32.7 Å². The van der Waals surface area contributed by atoms with E-state index in [1.165, 1.54) is 5.94 Å². The molecule has 0 unspecified atom stereocenters. The molecule has 0 bridgehead atoms. The molecular formula is C2H2OY. The second-order valence-corrected chi connectivity index (χ2v) is 0.144. The fourth-order valence-electron chi connectivity index (χ4n) is 0. The van der Waals surface area contributed by atoms with E-state index in [0.29, 0.717) is 0 Å². The summed E-state index contributed by atoms with van der Waals surface area (Å²) < 4.78 is 0. The molecule has 19 valence electrons. The standard InChI is InChI=1S/C2H2O.Y/c1-2-3;/h1H2;. The van der Waals surface area contributed by atoms with Crippen molar-refractivity contribution in [2.24, 2.45) is 0 Å². The van der Waals surface area contributed by atoms with E-state index in [0.717, 1.165) is 0 Å². The van der Waals surface area contributed by atoms with Crippen LogP contribution in [0, 0.1) is 0 Å². The van der Waals surface area contributed by atoms with E-state index in [4.69, 9.17) is 4.79 Å². The molecule has 0 saturated heterocycles. The molecule has 4 heavy (non-hydrogen) atoms. The van der Waals surface area contributed by atoms with Gasteiger partial charge in [0.2, 0.25) is 0 Å². The molecule has 1 nitrogen and oxygen atoms in total. The number of hydrogen-bond acceptors (Lipinski definition) is 1. The molecule has 2 heteroatoms. The van der Waals surface area contributed by atoms with Crippen molar-refractivity contribution in [3.63, 3.8) is 0 Å². The summed E-state index contributed by atoms with van der Waals surface area (Å²) in [4.78, 5) is 8.57. The predicted octanol–water partition coefficient (Wildman–Crippen LogP) is 0.00150. The van der Waals surface area contributed by atoms with Crippen LogP contribution in [0.25, 0.3) is 0 Å². The van der Waals surface area contributed by atoms with Gasteiger partial charge in [0.15, 0.2) is 0 Å². The summed E-state index contributed by atoms with van der Waals surface area (Å²) >= 11 is 0. The Balaban J connectivity index is 0. The zero-order valence-corrected chi connectivity index (χ0v) is 5.03. The van der Waals surface area contributed by atoms with Gasteiger partial charge < -0.3 is 0 Å². The molecule has 0 aromatic heterocycles. The molecule has 0 rings (SSSR count). The van der Waals surface area contributed by atoms with Crippen molar-refractivity contribution in [3.05, 3.63) is 6.58 Å². The van der Waals surface area contributed by atoms with Crippen LogP contribution in [-0.2, 0) is 37.5 Å². The third-order valence-corrected chi connectivity index (χ3v) is 0. The molecule has 0 fully saturated rings. The molecular weight excluding hydrogens is 129 g/mol. The molecule has 0 atom stereocenters. The minimum absolute atomic E-state index is 0. The molecule has 0 amide bonds. The molecule has 0 saturated carbocycles. The van der Waals surface area contributed by atoms with Gasteiger partial charge in [-0.15, -0.1) is 0 Å². The average Bonchev–Trinajstić information content (AvgIpc) is 0.918. The zero-order chi connectivity index (χ0) is 2.71. The molecule has 0 heterocycles. The molecule has 0 spiro atoms. The largest absolute Gasteiger partial charge is 0.234 e. The maximum absolute atomic E-state index is 8.57. The summed E-state index contributed by atoms with van der Waals surface area (Å²) in [6, 6.07) is 0. The van der Waals surface area contributed by atoms with E-state index in [1.807, 2.05) is 0 Å². The van der Waals surface area contributed by atoms with Gasteiger partial charge in [-0.3, -0.25) is 0 Å². The summed E-state index contributed by atoms with van der Waals surface area (Å²) in [5, 5.41) is 0. The van der Waals surface area contributed by atoms with Crippen LogP contribution in [0.5, 0.6) is 0 Å². The molecule has 0 aromatic carbocycles. The first-order valence-electron chi connectivity index (χ1n) is 0.558. The van der Waals surface area contributed by atoms with Crippen molar-refractivity contribution in [2.75, 3.05) is 0 Å². The van der Waals surface area contributed by atoms with Crippen molar-refractivity contribution >= 4 is 5.94 Å². The summed E-state index contributed by atoms with van der Waals surface area (Å²) in [6.07, 6.45) is 0. The smallest absolute Gasteiger partial charge is 0.116 e. The number of hydrogen-bond donors (Lipinski definition) is 0. The second-order valence-electron chi connectivity index (χ2n) is 0.144. The van der Waals surface area contributed by atoms with Crippen LogP contribution in [0.2, 0.25) is 0 Å². The van der Waals surface area contributed by atoms with E-state index in [1.54, 1.807) is 0 Å². The van der Waals surface area contributed by atoms with E-state index in [9.17, 15) is 0 Å². The molecule has 0 aliphatic rings. The Morgan fingerprint density at radius 3 is 1.75 bits per heavy atom. The SMILES string of the molecule is C=C=O.[Y]. The Morgan fingerprint density at radius 1 is 1.75 bits per heavy atom. The molecule has 0 aromatic rings. The quantitative estimate of drug-likeness (QED) is 0.423. The Kier molecular flexibility index (Phi) is 21.2. The van der Waals surface area contributed by atoms with Gasteiger partial charge in [-0.05, 0) is 6.58 Å². The molecule has 0 aliphatic carbocycles. The Bertz CT molecular complexity index is 27.0. The predicted molar refractivity (Wildman–Crippen MR) is 11.3 cm³/mol. The van der Waals surface area contributed by atoms with E-state index in [2.05, 4.69) is 6.58 Å². The van der Waals surface area contributed by atoms with Crippen LogP contribution in [0.15, 0.2) is 6.58 Å². The second kappa shape index (κ2) is 9.60. The minimum Gasteiger partial charge on any atom is -0.234 e. The van der Waals surface area contributed by atoms with Gasteiger partial charge in [-0.2, -0.15) is 0 Å². The Hall–Kier alpha value is 0.554. The normalized spacial score (nSPS) is 2.00. The summed E-state index contributed by atoms with van der Waals surface area (Å²) in [6.45, 7) is 2.68. The number of carbonyl (C=O) groups excluding carboxylic acids is 1. The van der Waals surface area contributed by atoms with Gasteiger partial charge in [0.05, 0.1) is 0 Å². The van der Waals surface area contributed by atoms with Gasteiger partial charge in [0.25, 0.3) is 0 Å². The van der Waals surface area contributed by atoms with Crippen LogP contribution in [0.3, 0.4) is 0 Å². The maximum atomic E-state index is 8.57. The van der Waals surface area contributed by atoms with Gasteiger partial charge in [-0.25, -0.2) is 4.79 Å². The summed E-state index contributed by atoms with van der Waals surface area (Å²) in [5.74, 6) is 1.25. The third-order valence-electron chi connectivity index (χ3n) is 0. The number of rotatable bonds is 0. The van der Waals surface area contributed by atoms with Crippen LogP contribution in [0.4, 0.5) is 0 Å². The Labute approximate surface area is 50.0 Å². The fraction of sp³-hybridized carbons (Fsp3) is 0. The first-order valence-corrected chi connectivity index (χ1v) is 0.558. The van der Waals surface area contributed by atoms with Crippen molar-refractivity contribution < 1.29 is 37.5 Å². The molecule has 0 N–H and O–H groups in total. The molecule has 0 aliphatic heterocycles. The average molecular weight is 131 g/mol.